The molecule has 0 amide bonds. The Bertz CT molecular complexity index is 136. The molecule has 2 N–H and O–H groups in total. The fraction of sp³-hybridized carbons (Fsp3) is 0. The Morgan fingerprint density at radius 1 is 1.00 bits per heavy atom. The zero-order valence-electron chi connectivity index (χ0n) is 4.98. The second-order valence-corrected chi connectivity index (χ2v) is 1.07. The molecule has 0 atom stereocenters. The van der Waals surface area contributed by atoms with Crippen LogP contribution in [-0.4, -0.2) is 60.6 Å². The summed E-state index contributed by atoms with van der Waals surface area (Å²) < 4.78 is 3.97. The molecule has 1 rings (SSSR count). The van der Waals surface area contributed by atoms with Crippen molar-refractivity contribution < 1.29 is 25.3 Å². The second kappa shape index (κ2) is 7.17. The van der Waals surface area contributed by atoms with Crippen molar-refractivity contribution in [2.45, 2.75) is 0 Å². The molecule has 0 fully saturated rings. The molecule has 0 bridgehead atoms. The molecule has 0 aromatic rings. The summed E-state index contributed by atoms with van der Waals surface area (Å²) in [6, 6.07) is 0. The molecule has 1 heterocycles. The number of ether oxygens (including phenoxy) is 1. The van der Waals surface area contributed by atoms with Crippen LogP contribution in [0.3, 0.4) is 0 Å². The maximum atomic E-state index is 9.92. The molecule has 5 nitrogen and oxygen atoms in total. The maximum Gasteiger partial charge on any atom is 2.00 e. The third kappa shape index (κ3) is 4.89. The summed E-state index contributed by atoms with van der Waals surface area (Å²) in [6.45, 7) is 0. The van der Waals surface area contributed by atoms with Gasteiger partial charge in [0.1, 0.15) is 0 Å². The van der Waals surface area contributed by atoms with E-state index < -0.39 is 11.9 Å². The summed E-state index contributed by atoms with van der Waals surface area (Å²) in [4.78, 5) is 19.8. The van der Waals surface area contributed by atoms with Crippen molar-refractivity contribution in [2.75, 3.05) is 0 Å². The van der Waals surface area contributed by atoms with Gasteiger partial charge >= 0.3 is 49.7 Å². The van der Waals surface area contributed by atoms with Crippen LogP contribution in [-0.2, 0) is 14.3 Å². The van der Waals surface area contributed by atoms with Crippen LogP contribution in [0.2, 0.25) is 0 Å². The van der Waals surface area contributed by atoms with Crippen molar-refractivity contribution in [3.8, 4) is 0 Å². The van der Waals surface area contributed by atoms with Crippen LogP contribution in [0.15, 0.2) is 12.2 Å². The average Bonchev–Trinajstić information content (AvgIpc) is 1.87. The van der Waals surface area contributed by atoms with Crippen LogP contribution in [0.4, 0.5) is 0 Å². The Morgan fingerprint density at radius 2 is 1.30 bits per heavy atom. The number of hydrogen-bond donors (Lipinski definition) is 0. The third-order valence-electron chi connectivity index (χ3n) is 0.557. The van der Waals surface area contributed by atoms with Gasteiger partial charge < -0.3 is 15.7 Å². The van der Waals surface area contributed by atoms with E-state index in [1.165, 1.54) is 0 Å². The van der Waals surface area contributed by atoms with E-state index in [1.54, 1.807) is 0 Å². The first kappa shape index (κ1) is 16.6. The predicted molar refractivity (Wildman–Crippen MR) is 29.9 cm³/mol. The number of carbonyl (C=O) groups excluding carboxylic acids is 2. The van der Waals surface area contributed by atoms with E-state index in [-0.39, 0.29) is 48.7 Å². The topological polar surface area (TPSA) is 103 Å². The van der Waals surface area contributed by atoms with Crippen molar-refractivity contribution in [1.82, 2.24) is 0 Å². The Hall–Kier alpha value is 0.0597. The van der Waals surface area contributed by atoms with E-state index in [0.29, 0.717) is 0 Å². The molecule has 1 aliphatic heterocycles. The minimum atomic E-state index is -0.579. The van der Waals surface area contributed by atoms with E-state index in [0.717, 1.165) is 12.2 Å². The molecule has 0 aromatic heterocycles. The van der Waals surface area contributed by atoms with Crippen molar-refractivity contribution >= 4 is 49.7 Å². The molecule has 0 saturated carbocycles. The third-order valence-corrected chi connectivity index (χ3v) is 0.557. The van der Waals surface area contributed by atoms with Crippen LogP contribution in [0, 0.1) is 0 Å². The van der Waals surface area contributed by atoms with Crippen molar-refractivity contribution in [1.29, 1.82) is 0 Å². The molecule has 0 radical (unpaired) electrons. The van der Waals surface area contributed by atoms with Gasteiger partial charge in [0.2, 0.25) is 0 Å². The summed E-state index contributed by atoms with van der Waals surface area (Å²) in [5.74, 6) is -1.16. The SMILES string of the molecule is O=C1C=CC(=O)O1.[Ca+2].[OH-].[OH-]. The van der Waals surface area contributed by atoms with Crippen LogP contribution in [0.1, 0.15) is 0 Å². The van der Waals surface area contributed by atoms with E-state index >= 15 is 0 Å². The van der Waals surface area contributed by atoms with Gasteiger partial charge in [-0.25, -0.2) is 9.59 Å². The van der Waals surface area contributed by atoms with Crippen molar-refractivity contribution in [3.63, 3.8) is 0 Å². The minimum absolute atomic E-state index is 0. The van der Waals surface area contributed by atoms with Crippen LogP contribution >= 0.6 is 0 Å². The summed E-state index contributed by atoms with van der Waals surface area (Å²) in [7, 11) is 0. The first-order chi connectivity index (χ1) is 3.29. The first-order valence-electron chi connectivity index (χ1n) is 1.73. The fourth-order valence-electron chi connectivity index (χ4n) is 0.303. The Balaban J connectivity index is -0.000000163. The zero-order valence-corrected chi connectivity index (χ0v) is 7.19. The number of cyclic esters (lactones) is 2. The van der Waals surface area contributed by atoms with Gasteiger partial charge in [0, 0.05) is 12.2 Å². The molecule has 52 valence electrons. The Labute approximate surface area is 86.7 Å². The van der Waals surface area contributed by atoms with Gasteiger partial charge in [-0.2, -0.15) is 0 Å². The fourth-order valence-corrected chi connectivity index (χ4v) is 0.303. The molecule has 0 aromatic carbocycles. The quantitative estimate of drug-likeness (QED) is 0.262. The van der Waals surface area contributed by atoms with E-state index in [1.807, 2.05) is 0 Å². The summed E-state index contributed by atoms with van der Waals surface area (Å²) in [5, 5.41) is 0. The Morgan fingerprint density at radius 3 is 1.40 bits per heavy atom. The van der Waals surface area contributed by atoms with Gasteiger partial charge in [-0.3, -0.25) is 0 Å². The normalized spacial score (nSPS) is 12.4. The predicted octanol–water partition coefficient (Wildman–Crippen LogP) is -1.11. The standard InChI is InChI=1S/C4H2O3.Ca.2H2O/c5-3-1-2-4(6)7-3;;;/h1-2H;;2*1H2/q;+2;;/p-2. The molecule has 10 heavy (non-hydrogen) atoms. The molecule has 1 aliphatic rings. The van der Waals surface area contributed by atoms with Gasteiger partial charge in [-0.05, 0) is 0 Å². The molecular formula is C4H4CaO5. The average molecular weight is 172 g/mol. The molecule has 0 saturated heterocycles. The van der Waals surface area contributed by atoms with E-state index in [9.17, 15) is 9.59 Å². The van der Waals surface area contributed by atoms with Crippen LogP contribution in [0.5, 0.6) is 0 Å². The minimum Gasteiger partial charge on any atom is -0.870 e. The smallest absolute Gasteiger partial charge is 0.870 e. The molecular weight excluding hydrogens is 168 g/mol. The molecule has 6 heteroatoms. The number of rotatable bonds is 0. The van der Waals surface area contributed by atoms with Crippen molar-refractivity contribution in [2.24, 2.45) is 0 Å². The van der Waals surface area contributed by atoms with Gasteiger partial charge in [0.05, 0.1) is 0 Å². The summed E-state index contributed by atoms with van der Waals surface area (Å²) >= 11 is 0. The molecule has 0 aliphatic carbocycles. The van der Waals surface area contributed by atoms with Crippen LogP contribution < -0.4 is 0 Å². The Kier molecular flexibility index (Phi) is 11.9. The number of esters is 2. The maximum absolute atomic E-state index is 9.92. The molecule has 0 unspecified atom stereocenters. The second-order valence-electron chi connectivity index (χ2n) is 1.07. The first-order valence-corrected chi connectivity index (χ1v) is 1.73. The largest absolute Gasteiger partial charge is 2.00 e. The van der Waals surface area contributed by atoms with Gasteiger partial charge in [-0.15, -0.1) is 0 Å². The monoisotopic (exact) mass is 172 g/mol. The summed E-state index contributed by atoms with van der Waals surface area (Å²) in [6.07, 6.45) is 2.17. The van der Waals surface area contributed by atoms with Crippen molar-refractivity contribution in [3.05, 3.63) is 12.2 Å². The van der Waals surface area contributed by atoms with Gasteiger partial charge in [0.25, 0.3) is 0 Å². The zero-order chi connectivity index (χ0) is 5.28. The van der Waals surface area contributed by atoms with Gasteiger partial charge in [-0.1, -0.05) is 0 Å². The van der Waals surface area contributed by atoms with Gasteiger partial charge in [0.15, 0.2) is 0 Å². The summed E-state index contributed by atoms with van der Waals surface area (Å²) in [5.41, 5.74) is 0. The van der Waals surface area contributed by atoms with E-state index in [2.05, 4.69) is 4.74 Å². The number of carbonyl (C=O) groups is 2. The van der Waals surface area contributed by atoms with Crippen LogP contribution in [0.25, 0.3) is 0 Å². The molecule has 0 spiro atoms. The number of hydrogen-bond acceptors (Lipinski definition) is 5. The van der Waals surface area contributed by atoms with E-state index in [4.69, 9.17) is 0 Å².